The maximum atomic E-state index is 13.9. The first-order valence-electron chi connectivity index (χ1n) is 6.52. The lowest BCUT2D eigenvalue weighted by molar-refractivity contribution is 0.415. The highest BCUT2D eigenvalue weighted by Gasteiger charge is 2.11. The molecule has 0 spiro atoms. The van der Waals surface area contributed by atoms with Crippen molar-refractivity contribution in [3.05, 3.63) is 58.8 Å². The highest BCUT2D eigenvalue weighted by molar-refractivity contribution is 6.30. The van der Waals surface area contributed by atoms with Gasteiger partial charge in [-0.3, -0.25) is 4.98 Å². The van der Waals surface area contributed by atoms with Gasteiger partial charge in [0.25, 0.3) is 0 Å². The molecule has 0 aliphatic rings. The number of halogens is 2. The molecule has 3 aromatic rings. The van der Waals surface area contributed by atoms with Crippen LogP contribution in [0.1, 0.15) is 11.4 Å². The summed E-state index contributed by atoms with van der Waals surface area (Å²) in [5, 5.41) is 1.36. The molecule has 3 rings (SSSR count). The van der Waals surface area contributed by atoms with Crippen molar-refractivity contribution in [1.29, 1.82) is 0 Å². The number of methoxy groups -OCH3 is 1. The maximum Gasteiger partial charge on any atom is 0.148 e. The average molecular weight is 305 g/mol. The number of rotatable bonds is 3. The molecule has 0 bridgehead atoms. The standard InChI is InChI=1S/C16H14ClFN2O/c1-10-5-11-6-13(21-2)3-4-16(11)20(10)9-15-14(18)7-12(17)8-19-15/h3-8H,9H2,1-2H3. The number of nitrogens with zero attached hydrogens (tertiary/aromatic N) is 2. The van der Waals surface area contributed by atoms with E-state index in [4.69, 9.17) is 16.3 Å². The van der Waals surface area contributed by atoms with Crippen molar-refractivity contribution in [2.45, 2.75) is 13.5 Å². The summed E-state index contributed by atoms with van der Waals surface area (Å²) in [6.45, 7) is 2.35. The van der Waals surface area contributed by atoms with E-state index < -0.39 is 5.82 Å². The van der Waals surface area contributed by atoms with E-state index in [2.05, 4.69) is 4.98 Å². The molecule has 0 fully saturated rings. The molecule has 0 aliphatic heterocycles. The van der Waals surface area contributed by atoms with Crippen LogP contribution in [-0.2, 0) is 6.54 Å². The first-order valence-corrected chi connectivity index (χ1v) is 6.90. The van der Waals surface area contributed by atoms with Gasteiger partial charge in [0.05, 0.1) is 24.4 Å². The Morgan fingerprint density at radius 3 is 2.81 bits per heavy atom. The van der Waals surface area contributed by atoms with Crippen LogP contribution in [0.15, 0.2) is 36.5 Å². The largest absolute Gasteiger partial charge is 0.497 e. The Balaban J connectivity index is 2.06. The number of fused-ring (bicyclic) bond motifs is 1. The smallest absolute Gasteiger partial charge is 0.148 e. The minimum absolute atomic E-state index is 0.301. The highest BCUT2D eigenvalue weighted by Crippen LogP contribution is 2.25. The van der Waals surface area contributed by atoms with E-state index in [9.17, 15) is 4.39 Å². The molecule has 1 aromatic carbocycles. The van der Waals surface area contributed by atoms with Crippen LogP contribution in [-0.4, -0.2) is 16.7 Å². The zero-order valence-electron chi connectivity index (χ0n) is 11.7. The molecule has 21 heavy (non-hydrogen) atoms. The number of aryl methyl sites for hydroxylation is 1. The maximum absolute atomic E-state index is 13.9. The Labute approximate surface area is 126 Å². The Hall–Kier alpha value is -2.07. The van der Waals surface area contributed by atoms with Crippen LogP contribution >= 0.6 is 11.6 Å². The molecule has 0 aliphatic carbocycles. The Kier molecular flexibility index (Phi) is 3.55. The lowest BCUT2D eigenvalue weighted by Gasteiger charge is -2.09. The average Bonchev–Trinajstić information content (AvgIpc) is 2.77. The van der Waals surface area contributed by atoms with Crippen LogP contribution in [0.3, 0.4) is 0 Å². The van der Waals surface area contributed by atoms with Gasteiger partial charge in [-0.15, -0.1) is 0 Å². The lowest BCUT2D eigenvalue weighted by Crippen LogP contribution is -2.05. The third-order valence-corrected chi connectivity index (χ3v) is 3.71. The van der Waals surface area contributed by atoms with E-state index in [-0.39, 0.29) is 0 Å². The van der Waals surface area contributed by atoms with E-state index in [0.29, 0.717) is 17.3 Å². The zero-order valence-corrected chi connectivity index (χ0v) is 12.5. The van der Waals surface area contributed by atoms with Gasteiger partial charge >= 0.3 is 0 Å². The number of aromatic nitrogens is 2. The molecule has 0 radical (unpaired) electrons. The highest BCUT2D eigenvalue weighted by atomic mass is 35.5. The molecule has 0 N–H and O–H groups in total. The first-order chi connectivity index (χ1) is 10.1. The molecule has 2 aromatic heterocycles. The summed E-state index contributed by atoms with van der Waals surface area (Å²) in [7, 11) is 1.64. The predicted molar refractivity (Wildman–Crippen MR) is 81.5 cm³/mol. The van der Waals surface area contributed by atoms with Crippen LogP contribution in [0.25, 0.3) is 10.9 Å². The third-order valence-electron chi connectivity index (χ3n) is 3.51. The molecule has 0 saturated heterocycles. The van der Waals surface area contributed by atoms with Crippen molar-refractivity contribution in [3.8, 4) is 5.75 Å². The van der Waals surface area contributed by atoms with Crippen molar-refractivity contribution in [1.82, 2.24) is 9.55 Å². The summed E-state index contributed by atoms with van der Waals surface area (Å²) < 4.78 is 21.2. The zero-order chi connectivity index (χ0) is 15.0. The normalized spacial score (nSPS) is 11.0. The molecular formula is C16H14ClFN2O. The number of hydrogen-bond acceptors (Lipinski definition) is 2. The molecule has 108 valence electrons. The topological polar surface area (TPSA) is 27.1 Å². The lowest BCUT2D eigenvalue weighted by atomic mass is 10.2. The number of benzene rings is 1. The minimum atomic E-state index is -0.391. The fourth-order valence-corrected chi connectivity index (χ4v) is 2.58. The van der Waals surface area contributed by atoms with E-state index in [1.807, 2.05) is 35.8 Å². The van der Waals surface area contributed by atoms with Crippen LogP contribution in [0.2, 0.25) is 5.02 Å². The number of hydrogen-bond donors (Lipinski definition) is 0. The fraction of sp³-hybridized carbons (Fsp3) is 0.188. The minimum Gasteiger partial charge on any atom is -0.497 e. The van der Waals surface area contributed by atoms with Gasteiger partial charge in [0.1, 0.15) is 11.6 Å². The van der Waals surface area contributed by atoms with Gasteiger partial charge in [-0.25, -0.2) is 4.39 Å². The third kappa shape index (κ3) is 2.59. The first kappa shape index (κ1) is 13.9. The van der Waals surface area contributed by atoms with E-state index in [1.165, 1.54) is 12.3 Å². The molecule has 0 atom stereocenters. The van der Waals surface area contributed by atoms with Gasteiger partial charge in [0.2, 0.25) is 0 Å². The summed E-state index contributed by atoms with van der Waals surface area (Å²) >= 11 is 5.74. The second-order valence-electron chi connectivity index (χ2n) is 4.88. The van der Waals surface area contributed by atoms with E-state index in [0.717, 1.165) is 22.3 Å². The second kappa shape index (κ2) is 5.37. The van der Waals surface area contributed by atoms with Gasteiger partial charge in [-0.2, -0.15) is 0 Å². The summed E-state index contributed by atoms with van der Waals surface area (Å²) in [4.78, 5) is 4.08. The second-order valence-corrected chi connectivity index (χ2v) is 5.32. The summed E-state index contributed by atoms with van der Waals surface area (Å²) in [5.74, 6) is 0.410. The van der Waals surface area contributed by atoms with Crippen molar-refractivity contribution in [3.63, 3.8) is 0 Å². The monoisotopic (exact) mass is 304 g/mol. The molecule has 2 heterocycles. The summed E-state index contributed by atoms with van der Waals surface area (Å²) in [6, 6.07) is 9.16. The summed E-state index contributed by atoms with van der Waals surface area (Å²) in [5.41, 5.74) is 2.43. The van der Waals surface area contributed by atoms with Crippen LogP contribution in [0, 0.1) is 12.7 Å². The van der Waals surface area contributed by atoms with Crippen molar-refractivity contribution < 1.29 is 9.13 Å². The number of ether oxygens (including phenoxy) is 1. The molecular weight excluding hydrogens is 291 g/mol. The van der Waals surface area contributed by atoms with Gasteiger partial charge in [-0.05, 0) is 37.3 Å². The fourth-order valence-electron chi connectivity index (χ4n) is 2.43. The molecule has 0 amide bonds. The van der Waals surface area contributed by atoms with Crippen LogP contribution < -0.4 is 4.74 Å². The Morgan fingerprint density at radius 2 is 2.10 bits per heavy atom. The van der Waals surface area contributed by atoms with Gasteiger partial charge in [0.15, 0.2) is 0 Å². The number of pyridine rings is 1. The van der Waals surface area contributed by atoms with Crippen molar-refractivity contribution >= 4 is 22.5 Å². The van der Waals surface area contributed by atoms with Crippen LogP contribution in [0.4, 0.5) is 4.39 Å². The Morgan fingerprint density at radius 1 is 1.29 bits per heavy atom. The van der Waals surface area contributed by atoms with Gasteiger partial charge < -0.3 is 9.30 Å². The molecule has 0 unspecified atom stereocenters. The quantitative estimate of drug-likeness (QED) is 0.725. The van der Waals surface area contributed by atoms with Crippen molar-refractivity contribution in [2.24, 2.45) is 0 Å². The van der Waals surface area contributed by atoms with Gasteiger partial charge in [-0.1, -0.05) is 11.6 Å². The van der Waals surface area contributed by atoms with Crippen molar-refractivity contribution in [2.75, 3.05) is 7.11 Å². The van der Waals surface area contributed by atoms with Gasteiger partial charge in [0, 0.05) is 22.8 Å². The predicted octanol–water partition coefficient (Wildman–Crippen LogP) is 4.19. The molecule has 5 heteroatoms. The molecule has 0 saturated carbocycles. The molecule has 3 nitrogen and oxygen atoms in total. The summed E-state index contributed by atoms with van der Waals surface area (Å²) in [6.07, 6.45) is 1.46. The van der Waals surface area contributed by atoms with Crippen LogP contribution in [0.5, 0.6) is 5.75 Å². The Bertz CT molecular complexity index is 813. The van der Waals surface area contributed by atoms with E-state index in [1.54, 1.807) is 7.11 Å². The van der Waals surface area contributed by atoms with E-state index >= 15 is 0 Å². The SMILES string of the molecule is COc1ccc2c(c1)cc(C)n2Cc1ncc(Cl)cc1F.